The van der Waals surface area contributed by atoms with E-state index in [4.69, 9.17) is 20.2 Å². The molecule has 3 aliphatic rings. The van der Waals surface area contributed by atoms with Crippen molar-refractivity contribution in [2.24, 2.45) is 5.73 Å². The molecule has 0 unspecified atom stereocenters. The fraction of sp³-hybridized carbons (Fsp3) is 0.284. The second-order valence-electron chi connectivity index (χ2n) is 21.9. The van der Waals surface area contributed by atoms with Crippen LogP contribution in [0.25, 0.3) is 22.3 Å². The third-order valence-corrected chi connectivity index (χ3v) is 16.7. The SMILES string of the molecule is CC[C@@]1(O)C(=O)OCc2c1cc1n(c2=O)Cc2c-1nc1cc(F)c(C)c3c1c2[C@@H](NC(=O)OCc1ccc(NC(=O)[C@H](CCCCNC(c2ccccc2)(c2ccccc2)c2ccc(C)cc2)NC(=O)[C@@H](N)Cc2ccccc2)cc1)CC3. The number of rotatable bonds is 19. The van der Waals surface area contributed by atoms with Crippen LogP contribution in [0.15, 0.2) is 156 Å². The number of alkyl carbamates (subject to hydrolysis) is 1. The van der Waals surface area contributed by atoms with Crippen LogP contribution in [0.3, 0.4) is 0 Å². The van der Waals surface area contributed by atoms with Gasteiger partial charge in [0.15, 0.2) is 5.60 Å². The number of carbonyl (C=O) groups is 4. The van der Waals surface area contributed by atoms with Crippen LogP contribution in [0, 0.1) is 19.7 Å². The minimum absolute atomic E-state index is 0.0239. The predicted octanol–water partition coefficient (Wildman–Crippen LogP) is 9.49. The van der Waals surface area contributed by atoms with Crippen molar-refractivity contribution in [1.29, 1.82) is 0 Å². The number of fused-ring (bicyclic) bond motifs is 5. The Morgan fingerprint density at radius 3 is 2.17 bits per heavy atom. The van der Waals surface area contributed by atoms with Gasteiger partial charge in [-0.05, 0) is 128 Å². The first-order valence-electron chi connectivity index (χ1n) is 28.3. The number of benzene rings is 6. The van der Waals surface area contributed by atoms with Crippen LogP contribution in [0.1, 0.15) is 112 Å². The maximum atomic E-state index is 15.5. The van der Waals surface area contributed by atoms with E-state index in [1.54, 1.807) is 44.2 Å². The average Bonchev–Trinajstić information content (AvgIpc) is 2.61. The molecule has 0 radical (unpaired) electrons. The third-order valence-electron chi connectivity index (χ3n) is 16.7. The van der Waals surface area contributed by atoms with E-state index in [1.807, 2.05) is 66.7 Å². The van der Waals surface area contributed by atoms with Crippen molar-refractivity contribution < 1.29 is 38.1 Å². The van der Waals surface area contributed by atoms with Gasteiger partial charge in [0.2, 0.25) is 11.8 Å². The molecule has 15 nitrogen and oxygen atoms in total. The molecule has 1 aliphatic carbocycles. The highest BCUT2D eigenvalue weighted by molar-refractivity contribution is 5.98. The minimum atomic E-state index is -2.03. The third kappa shape index (κ3) is 10.9. The Morgan fingerprint density at radius 2 is 1.49 bits per heavy atom. The molecule has 4 heterocycles. The lowest BCUT2D eigenvalue weighted by Gasteiger charge is -2.37. The topological polar surface area (TPSA) is 216 Å². The Bertz CT molecular complexity index is 3780. The number of unbranched alkanes of at least 4 members (excludes halogenated alkanes) is 1. The van der Waals surface area contributed by atoms with Crippen LogP contribution in [-0.2, 0) is 67.6 Å². The Labute approximate surface area is 480 Å². The zero-order valence-corrected chi connectivity index (χ0v) is 46.6. The highest BCUT2D eigenvalue weighted by atomic mass is 19.1. The maximum Gasteiger partial charge on any atom is 0.407 e. The Kier molecular flexibility index (Phi) is 15.9. The number of nitrogens with one attached hydrogen (secondary N) is 4. The van der Waals surface area contributed by atoms with E-state index >= 15 is 4.39 Å². The Balaban J connectivity index is 0.770. The van der Waals surface area contributed by atoms with Gasteiger partial charge in [-0.3, -0.25) is 19.7 Å². The molecule has 0 saturated heterocycles. The molecule has 7 N–H and O–H groups in total. The molecule has 6 aromatic carbocycles. The van der Waals surface area contributed by atoms with Gasteiger partial charge in [0.05, 0.1) is 46.6 Å². The maximum absolute atomic E-state index is 15.5. The molecule has 16 heteroatoms. The fourth-order valence-electron chi connectivity index (χ4n) is 12.2. The lowest BCUT2D eigenvalue weighted by atomic mass is 9.76. The van der Waals surface area contributed by atoms with Gasteiger partial charge in [-0.15, -0.1) is 0 Å². The molecule has 0 saturated carbocycles. The number of halogens is 1. The van der Waals surface area contributed by atoms with Gasteiger partial charge in [-0.1, -0.05) is 140 Å². The molecule has 83 heavy (non-hydrogen) atoms. The van der Waals surface area contributed by atoms with Gasteiger partial charge in [0, 0.05) is 28.3 Å². The van der Waals surface area contributed by atoms with E-state index in [2.05, 4.69) is 76.7 Å². The van der Waals surface area contributed by atoms with Crippen molar-refractivity contribution >= 4 is 40.5 Å². The number of aliphatic hydroxyl groups is 1. The number of nitrogens with two attached hydrogens (primary N) is 1. The number of hydrogen-bond acceptors (Lipinski definition) is 11. The summed E-state index contributed by atoms with van der Waals surface area (Å²) in [5.74, 6) is -2.12. The minimum Gasteiger partial charge on any atom is -0.458 e. The first-order chi connectivity index (χ1) is 40.2. The van der Waals surface area contributed by atoms with E-state index in [0.717, 1.165) is 33.4 Å². The number of anilines is 1. The summed E-state index contributed by atoms with van der Waals surface area (Å²) in [5, 5.41) is 25.1. The smallest absolute Gasteiger partial charge is 0.407 e. The first kappa shape index (κ1) is 56.1. The Hall–Kier alpha value is -8.83. The second-order valence-corrected chi connectivity index (χ2v) is 21.9. The van der Waals surface area contributed by atoms with Gasteiger partial charge < -0.3 is 40.8 Å². The van der Waals surface area contributed by atoms with Crippen LogP contribution in [0.5, 0.6) is 0 Å². The summed E-state index contributed by atoms with van der Waals surface area (Å²) in [5.41, 5.74) is 13.8. The van der Waals surface area contributed by atoms with Crippen LogP contribution >= 0.6 is 0 Å². The molecule has 4 atom stereocenters. The number of carbonyl (C=O) groups excluding carboxylic acids is 4. The number of amides is 3. The summed E-state index contributed by atoms with van der Waals surface area (Å²) < 4.78 is 28.1. The van der Waals surface area contributed by atoms with E-state index in [9.17, 15) is 29.1 Å². The van der Waals surface area contributed by atoms with Gasteiger partial charge in [-0.2, -0.15) is 0 Å². The summed E-state index contributed by atoms with van der Waals surface area (Å²) in [7, 11) is 0. The van der Waals surface area contributed by atoms with Crippen molar-refractivity contribution in [3.8, 4) is 11.4 Å². The number of cyclic esters (lactones) is 1. The van der Waals surface area contributed by atoms with Gasteiger partial charge in [0.25, 0.3) is 5.56 Å². The molecular weight excluding hydrogens is 1050 g/mol. The van der Waals surface area contributed by atoms with Crippen LogP contribution < -0.4 is 32.6 Å². The van der Waals surface area contributed by atoms with Crippen molar-refractivity contribution in [2.45, 2.75) is 115 Å². The van der Waals surface area contributed by atoms with E-state index in [-0.39, 0.29) is 37.3 Å². The molecular formula is C67H66FN7O8. The average molecular weight is 1120 g/mol. The number of esters is 1. The predicted molar refractivity (Wildman–Crippen MR) is 315 cm³/mol. The molecule has 0 bridgehead atoms. The standard InChI is InChI=1S/C67H66FN7O8/c1-4-66(81)51-35-57-60-49(37-75(57)63(78)50(51)39-82-64(66)79)59-54(32-31-48-41(3)52(68)36-56(72-60)58(48)59)74-65(80)83-38-43-25-29-47(30-26-43)71-62(77)55(73-61(76)53(69)34-42-16-8-5-9-17-42)22-14-15-33-70-67(44-18-10-6-11-19-44,45-20-12-7-13-21-45)46-27-23-40(2)24-28-46/h5-13,16-21,23-30,35-36,53-55,70,81H,4,14-15,22,31-34,37-39,69H2,1-3H3,(H,71,77)(H,73,76)(H,74,80)/t53-,54-,55-,66-/m0/s1. The van der Waals surface area contributed by atoms with Crippen molar-refractivity contribution in [3.63, 3.8) is 0 Å². The van der Waals surface area contributed by atoms with Gasteiger partial charge in [-0.25, -0.2) is 19.0 Å². The molecule has 0 spiro atoms. The highest BCUT2D eigenvalue weighted by Crippen LogP contribution is 2.46. The van der Waals surface area contributed by atoms with Gasteiger partial charge in [0.1, 0.15) is 25.1 Å². The lowest BCUT2D eigenvalue weighted by Crippen LogP contribution is -2.50. The number of hydrogen-bond donors (Lipinski definition) is 6. The largest absolute Gasteiger partial charge is 0.458 e. The van der Waals surface area contributed by atoms with Crippen LogP contribution in [0.4, 0.5) is 14.9 Å². The molecule has 11 rings (SSSR count). The summed E-state index contributed by atoms with van der Waals surface area (Å²) in [6.45, 7) is 5.69. The number of nitrogens with zero attached hydrogens (tertiary/aromatic N) is 2. The summed E-state index contributed by atoms with van der Waals surface area (Å²) in [6, 6.07) is 46.2. The zero-order chi connectivity index (χ0) is 58.0. The van der Waals surface area contributed by atoms with Crippen molar-refractivity contribution in [2.75, 3.05) is 11.9 Å². The number of pyridine rings is 2. The number of aryl methyl sites for hydroxylation is 2. The first-order valence-corrected chi connectivity index (χ1v) is 28.3. The Morgan fingerprint density at radius 1 is 0.831 bits per heavy atom. The summed E-state index contributed by atoms with van der Waals surface area (Å²) in [6.07, 6.45) is 2.00. The van der Waals surface area contributed by atoms with Gasteiger partial charge >= 0.3 is 12.1 Å². The van der Waals surface area contributed by atoms with Crippen molar-refractivity contribution in [3.05, 3.63) is 235 Å². The van der Waals surface area contributed by atoms with E-state index in [1.165, 1.54) is 10.6 Å². The molecule has 8 aromatic rings. The molecule has 0 fully saturated rings. The zero-order valence-electron chi connectivity index (χ0n) is 46.6. The summed E-state index contributed by atoms with van der Waals surface area (Å²) in [4.78, 5) is 73.6. The number of aromatic nitrogens is 2. The van der Waals surface area contributed by atoms with Crippen LogP contribution in [-0.4, -0.2) is 57.2 Å². The van der Waals surface area contributed by atoms with Crippen LogP contribution in [0.2, 0.25) is 0 Å². The normalized spacial score (nSPS) is 16.7. The molecule has 3 amide bonds. The summed E-state index contributed by atoms with van der Waals surface area (Å²) >= 11 is 0. The quantitative estimate of drug-likeness (QED) is 0.0255. The molecule has 424 valence electrons. The highest BCUT2D eigenvalue weighted by Gasteiger charge is 2.46. The van der Waals surface area contributed by atoms with Crippen molar-refractivity contribution in [1.82, 2.24) is 25.5 Å². The fourth-order valence-corrected chi connectivity index (χ4v) is 12.2. The molecule has 2 aromatic heterocycles. The van der Waals surface area contributed by atoms with E-state index in [0.29, 0.717) is 95.3 Å². The lowest BCUT2D eigenvalue weighted by molar-refractivity contribution is -0.172. The second kappa shape index (κ2) is 23.6. The number of ether oxygens (including phenoxy) is 2. The van der Waals surface area contributed by atoms with E-state index < -0.39 is 64.5 Å². The molecule has 2 aliphatic heterocycles. The monoisotopic (exact) mass is 1120 g/mol.